The quantitative estimate of drug-likeness (QED) is 0.664. The highest BCUT2D eigenvalue weighted by Crippen LogP contribution is 2.19. The second-order valence-corrected chi connectivity index (χ2v) is 3.94. The molecule has 0 aliphatic rings. The van der Waals surface area contributed by atoms with Gasteiger partial charge in [0.2, 0.25) is 0 Å². The van der Waals surface area contributed by atoms with Crippen LogP contribution in [0.3, 0.4) is 0 Å². The maximum atomic E-state index is 10.4. The molecule has 0 aliphatic heterocycles. The van der Waals surface area contributed by atoms with Crippen LogP contribution in [0, 0.1) is 5.92 Å². The molecule has 12 heavy (non-hydrogen) atoms. The van der Waals surface area contributed by atoms with E-state index in [2.05, 4.69) is 13.8 Å². The normalized spacial score (nSPS) is 18.3. The number of hydrogen-bond donors (Lipinski definition) is 2. The Hall–Kier alpha value is -0.570. The second kappa shape index (κ2) is 4.45. The Bertz CT molecular complexity index is 155. The van der Waals surface area contributed by atoms with Gasteiger partial charge in [0.1, 0.15) is 0 Å². The van der Waals surface area contributed by atoms with Gasteiger partial charge in [-0.2, -0.15) is 0 Å². The van der Waals surface area contributed by atoms with Crippen molar-refractivity contribution in [1.29, 1.82) is 0 Å². The summed E-state index contributed by atoms with van der Waals surface area (Å²) in [7, 11) is 0. The van der Waals surface area contributed by atoms with E-state index in [0.717, 1.165) is 12.8 Å². The molecular formula is C9H19NO2. The number of hydrogen-bond acceptors (Lipinski definition) is 2. The minimum Gasteiger partial charge on any atom is -0.481 e. The minimum absolute atomic E-state index is 0.0529. The zero-order chi connectivity index (χ0) is 9.78. The Labute approximate surface area is 74.0 Å². The van der Waals surface area contributed by atoms with E-state index in [9.17, 15) is 4.79 Å². The molecule has 2 atom stereocenters. The van der Waals surface area contributed by atoms with Gasteiger partial charge in [0, 0.05) is 5.54 Å². The van der Waals surface area contributed by atoms with Crippen molar-refractivity contribution in [2.24, 2.45) is 11.7 Å². The van der Waals surface area contributed by atoms with Gasteiger partial charge >= 0.3 is 5.97 Å². The molecule has 0 heterocycles. The van der Waals surface area contributed by atoms with Crippen LogP contribution in [-0.4, -0.2) is 16.6 Å². The molecule has 3 nitrogen and oxygen atoms in total. The molecule has 0 bridgehead atoms. The SMILES string of the molecule is CC[C@H](C)C[C@](C)(N)CC(=O)O. The number of carboxylic acid groups (broad SMARTS) is 1. The first-order valence-electron chi connectivity index (χ1n) is 4.38. The second-order valence-electron chi connectivity index (χ2n) is 3.94. The molecule has 3 heteroatoms. The van der Waals surface area contributed by atoms with Gasteiger partial charge in [-0.15, -0.1) is 0 Å². The number of rotatable bonds is 5. The zero-order valence-electron chi connectivity index (χ0n) is 8.13. The standard InChI is InChI=1S/C9H19NO2/c1-4-7(2)5-9(3,10)6-8(11)12/h7H,4-6,10H2,1-3H3,(H,11,12)/t7-,9-/m0/s1. The van der Waals surface area contributed by atoms with Crippen molar-refractivity contribution in [3.63, 3.8) is 0 Å². The molecule has 0 aliphatic carbocycles. The molecule has 0 rings (SSSR count). The van der Waals surface area contributed by atoms with Gasteiger partial charge in [0.15, 0.2) is 0 Å². The van der Waals surface area contributed by atoms with Crippen LogP contribution in [0.5, 0.6) is 0 Å². The molecular weight excluding hydrogens is 154 g/mol. The van der Waals surface area contributed by atoms with Gasteiger partial charge in [0.05, 0.1) is 6.42 Å². The van der Waals surface area contributed by atoms with Crippen molar-refractivity contribution in [3.8, 4) is 0 Å². The summed E-state index contributed by atoms with van der Waals surface area (Å²) in [5, 5.41) is 8.55. The van der Waals surface area contributed by atoms with Crippen molar-refractivity contribution in [3.05, 3.63) is 0 Å². The third kappa shape index (κ3) is 5.13. The summed E-state index contributed by atoms with van der Waals surface area (Å²) in [5.74, 6) is -0.317. The van der Waals surface area contributed by atoms with E-state index in [-0.39, 0.29) is 6.42 Å². The van der Waals surface area contributed by atoms with Crippen LogP contribution in [-0.2, 0) is 4.79 Å². The van der Waals surface area contributed by atoms with E-state index in [1.807, 2.05) is 0 Å². The Morgan fingerprint density at radius 1 is 1.67 bits per heavy atom. The van der Waals surface area contributed by atoms with Crippen molar-refractivity contribution in [1.82, 2.24) is 0 Å². The fourth-order valence-electron chi connectivity index (χ4n) is 1.36. The molecule has 0 saturated heterocycles. The van der Waals surface area contributed by atoms with E-state index in [1.165, 1.54) is 0 Å². The van der Waals surface area contributed by atoms with Gasteiger partial charge in [-0.05, 0) is 19.3 Å². The monoisotopic (exact) mass is 173 g/mol. The van der Waals surface area contributed by atoms with Gasteiger partial charge in [-0.3, -0.25) is 4.79 Å². The smallest absolute Gasteiger partial charge is 0.305 e. The first kappa shape index (κ1) is 11.4. The first-order valence-corrected chi connectivity index (χ1v) is 4.38. The Morgan fingerprint density at radius 3 is 2.50 bits per heavy atom. The fourth-order valence-corrected chi connectivity index (χ4v) is 1.36. The highest BCUT2D eigenvalue weighted by atomic mass is 16.4. The van der Waals surface area contributed by atoms with E-state index in [0.29, 0.717) is 5.92 Å². The Kier molecular flexibility index (Phi) is 4.24. The number of nitrogens with two attached hydrogens (primary N) is 1. The summed E-state index contributed by atoms with van der Waals surface area (Å²) in [6.45, 7) is 5.97. The van der Waals surface area contributed by atoms with Gasteiger partial charge in [-0.1, -0.05) is 20.3 Å². The highest BCUT2D eigenvalue weighted by molar-refractivity contribution is 5.68. The predicted octanol–water partition coefficient (Wildman–Crippen LogP) is 1.61. The summed E-state index contributed by atoms with van der Waals surface area (Å²) in [6.07, 6.45) is 1.87. The summed E-state index contributed by atoms with van der Waals surface area (Å²) in [4.78, 5) is 10.4. The number of carboxylic acids is 1. The van der Waals surface area contributed by atoms with Crippen LogP contribution in [0.1, 0.15) is 40.0 Å². The lowest BCUT2D eigenvalue weighted by Crippen LogP contribution is -2.40. The lowest BCUT2D eigenvalue weighted by molar-refractivity contribution is -0.138. The lowest BCUT2D eigenvalue weighted by atomic mass is 9.87. The highest BCUT2D eigenvalue weighted by Gasteiger charge is 2.23. The molecule has 0 aromatic carbocycles. The molecule has 0 aromatic rings. The molecule has 3 N–H and O–H groups in total. The van der Waals surface area contributed by atoms with E-state index >= 15 is 0 Å². The summed E-state index contributed by atoms with van der Waals surface area (Å²) in [5.41, 5.74) is 5.26. The topological polar surface area (TPSA) is 63.3 Å². The minimum atomic E-state index is -0.816. The number of aliphatic carboxylic acids is 1. The van der Waals surface area contributed by atoms with E-state index < -0.39 is 11.5 Å². The van der Waals surface area contributed by atoms with Crippen molar-refractivity contribution in [2.75, 3.05) is 0 Å². The third-order valence-electron chi connectivity index (χ3n) is 2.07. The molecule has 0 amide bonds. The average molecular weight is 173 g/mol. The van der Waals surface area contributed by atoms with Gasteiger partial charge in [0.25, 0.3) is 0 Å². The maximum absolute atomic E-state index is 10.4. The summed E-state index contributed by atoms with van der Waals surface area (Å²) < 4.78 is 0. The van der Waals surface area contributed by atoms with Crippen LogP contribution in [0.4, 0.5) is 0 Å². The van der Waals surface area contributed by atoms with Crippen molar-refractivity contribution in [2.45, 2.75) is 45.6 Å². The summed E-state index contributed by atoms with van der Waals surface area (Å²) >= 11 is 0. The van der Waals surface area contributed by atoms with Crippen molar-refractivity contribution < 1.29 is 9.90 Å². The number of carbonyl (C=O) groups is 1. The molecule has 0 saturated carbocycles. The molecule has 0 unspecified atom stereocenters. The maximum Gasteiger partial charge on any atom is 0.305 e. The first-order chi connectivity index (χ1) is 5.37. The largest absolute Gasteiger partial charge is 0.481 e. The van der Waals surface area contributed by atoms with Crippen LogP contribution in [0.25, 0.3) is 0 Å². The zero-order valence-corrected chi connectivity index (χ0v) is 8.13. The van der Waals surface area contributed by atoms with Crippen molar-refractivity contribution >= 4 is 5.97 Å². The van der Waals surface area contributed by atoms with Crippen LogP contribution >= 0.6 is 0 Å². The van der Waals surface area contributed by atoms with Gasteiger partial charge in [-0.25, -0.2) is 0 Å². The van der Waals surface area contributed by atoms with Crippen LogP contribution in [0.15, 0.2) is 0 Å². The fraction of sp³-hybridized carbons (Fsp3) is 0.889. The third-order valence-corrected chi connectivity index (χ3v) is 2.07. The average Bonchev–Trinajstić information content (AvgIpc) is 1.83. The van der Waals surface area contributed by atoms with E-state index in [4.69, 9.17) is 10.8 Å². The van der Waals surface area contributed by atoms with Crippen LogP contribution < -0.4 is 5.73 Å². The molecule has 0 fully saturated rings. The lowest BCUT2D eigenvalue weighted by Gasteiger charge is -2.25. The van der Waals surface area contributed by atoms with Gasteiger partial charge < -0.3 is 10.8 Å². The molecule has 72 valence electrons. The molecule has 0 aromatic heterocycles. The Balaban J connectivity index is 3.94. The molecule has 0 spiro atoms. The summed E-state index contributed by atoms with van der Waals surface area (Å²) in [6, 6.07) is 0. The molecule has 0 radical (unpaired) electrons. The van der Waals surface area contributed by atoms with Crippen LogP contribution in [0.2, 0.25) is 0 Å². The predicted molar refractivity (Wildman–Crippen MR) is 48.9 cm³/mol. The Morgan fingerprint density at radius 2 is 2.17 bits per heavy atom. The van der Waals surface area contributed by atoms with E-state index in [1.54, 1.807) is 6.92 Å².